The van der Waals surface area contributed by atoms with E-state index >= 15 is 0 Å². The minimum atomic E-state index is -0.208. The van der Waals surface area contributed by atoms with E-state index in [0.29, 0.717) is 36.1 Å². The minimum Gasteiger partial charge on any atom is -0.390 e. The molecule has 142 valence electrons. The third-order valence-electron chi connectivity index (χ3n) is 4.27. The molecule has 0 fully saturated rings. The number of urea groups is 1. The fraction of sp³-hybridized carbons (Fsp3) is 0.300. The molecule has 1 N–H and O–H groups in total. The molecule has 1 heterocycles. The second kappa shape index (κ2) is 9.11. The van der Waals surface area contributed by atoms with E-state index in [1.54, 1.807) is 4.90 Å². The number of halogens is 2. The average Bonchev–Trinajstić information content (AvgIpc) is 3.12. The van der Waals surface area contributed by atoms with Crippen molar-refractivity contribution in [3.63, 3.8) is 0 Å². The molecule has 0 aromatic heterocycles. The van der Waals surface area contributed by atoms with Crippen LogP contribution in [0.3, 0.4) is 0 Å². The van der Waals surface area contributed by atoms with Gasteiger partial charge in [-0.15, -0.1) is 0 Å². The van der Waals surface area contributed by atoms with Crippen LogP contribution in [0.4, 0.5) is 4.79 Å². The van der Waals surface area contributed by atoms with Gasteiger partial charge in [-0.3, -0.25) is 0 Å². The van der Waals surface area contributed by atoms with Crippen LogP contribution in [-0.4, -0.2) is 35.8 Å². The lowest BCUT2D eigenvalue weighted by Crippen LogP contribution is -2.43. The molecule has 5 nitrogen and oxygen atoms in total. The summed E-state index contributed by atoms with van der Waals surface area (Å²) in [5, 5.41) is 8.35. The summed E-state index contributed by atoms with van der Waals surface area (Å²) in [6.07, 6.45) is 0.417. The molecular weight excluding hydrogens is 385 g/mol. The number of nitrogens with zero attached hydrogens (tertiary/aromatic N) is 2. The summed E-state index contributed by atoms with van der Waals surface area (Å²) < 4.78 is 0. The van der Waals surface area contributed by atoms with Crippen molar-refractivity contribution in [3.05, 3.63) is 69.7 Å². The zero-order chi connectivity index (χ0) is 19.2. The fourth-order valence-electron chi connectivity index (χ4n) is 2.90. The van der Waals surface area contributed by atoms with Gasteiger partial charge in [0.2, 0.25) is 0 Å². The Morgan fingerprint density at radius 1 is 1.22 bits per heavy atom. The summed E-state index contributed by atoms with van der Waals surface area (Å²) in [6.45, 7) is 3.26. The van der Waals surface area contributed by atoms with Crippen molar-refractivity contribution in [3.8, 4) is 0 Å². The molecule has 0 unspecified atom stereocenters. The molecule has 0 spiro atoms. The van der Waals surface area contributed by atoms with E-state index in [1.807, 2.05) is 55.5 Å². The minimum absolute atomic E-state index is 0.152. The molecular formula is C20H21Cl2N3O2. The lowest BCUT2D eigenvalue weighted by molar-refractivity contribution is 0.0590. The standard InChI is InChI=1S/C20H21Cl2N3O2/c1-2-23-20(26)25(12-15-5-3-4-6-18(15)22)13-17-11-19(24-27-17)14-7-9-16(21)10-8-14/h3-10,17H,2,11-13H2,1H3,(H,23,26)/t17-/m0/s1. The van der Waals surface area contributed by atoms with E-state index < -0.39 is 0 Å². The molecule has 0 bridgehead atoms. The Kier molecular flexibility index (Phi) is 6.58. The molecule has 3 rings (SSSR count). The van der Waals surface area contributed by atoms with Crippen LogP contribution in [0.15, 0.2) is 53.7 Å². The van der Waals surface area contributed by atoms with Crippen LogP contribution in [0.5, 0.6) is 0 Å². The van der Waals surface area contributed by atoms with Crippen LogP contribution in [-0.2, 0) is 11.4 Å². The van der Waals surface area contributed by atoms with Gasteiger partial charge >= 0.3 is 6.03 Å². The summed E-state index contributed by atoms with van der Waals surface area (Å²) in [6, 6.07) is 14.8. The number of hydrogen-bond donors (Lipinski definition) is 1. The predicted molar refractivity (Wildman–Crippen MR) is 108 cm³/mol. The molecule has 0 saturated heterocycles. The average molecular weight is 406 g/mol. The number of amides is 2. The zero-order valence-corrected chi connectivity index (χ0v) is 16.5. The second-order valence-corrected chi connectivity index (χ2v) is 7.13. The number of hydrogen-bond acceptors (Lipinski definition) is 3. The topological polar surface area (TPSA) is 53.9 Å². The Hall–Kier alpha value is -2.24. The number of rotatable bonds is 6. The first kappa shape index (κ1) is 19.5. The van der Waals surface area contributed by atoms with Crippen molar-refractivity contribution in [2.24, 2.45) is 5.16 Å². The number of carbonyl (C=O) groups excluding carboxylic acids is 1. The molecule has 27 heavy (non-hydrogen) atoms. The molecule has 2 aromatic carbocycles. The van der Waals surface area contributed by atoms with E-state index in [4.69, 9.17) is 28.0 Å². The van der Waals surface area contributed by atoms with E-state index in [-0.39, 0.29) is 12.1 Å². The highest BCUT2D eigenvalue weighted by Gasteiger charge is 2.27. The van der Waals surface area contributed by atoms with E-state index in [0.717, 1.165) is 16.8 Å². The number of carbonyl (C=O) groups is 1. The maximum absolute atomic E-state index is 12.5. The lowest BCUT2D eigenvalue weighted by Gasteiger charge is -2.25. The van der Waals surface area contributed by atoms with Gasteiger partial charge in [-0.05, 0) is 36.2 Å². The van der Waals surface area contributed by atoms with Crippen molar-refractivity contribution >= 4 is 34.9 Å². The summed E-state index contributed by atoms with van der Waals surface area (Å²) in [7, 11) is 0. The number of benzene rings is 2. The highest BCUT2D eigenvalue weighted by Crippen LogP contribution is 2.22. The largest absolute Gasteiger partial charge is 0.390 e. The summed E-state index contributed by atoms with van der Waals surface area (Å²) in [5.41, 5.74) is 2.71. The van der Waals surface area contributed by atoms with Gasteiger partial charge < -0.3 is 15.1 Å². The van der Waals surface area contributed by atoms with Gasteiger partial charge in [0.1, 0.15) is 0 Å². The van der Waals surface area contributed by atoms with Gasteiger partial charge in [-0.1, -0.05) is 58.7 Å². The Bertz CT molecular complexity index is 824. The van der Waals surface area contributed by atoms with Crippen molar-refractivity contribution in [1.29, 1.82) is 0 Å². The quantitative estimate of drug-likeness (QED) is 0.755. The summed E-state index contributed by atoms with van der Waals surface area (Å²) in [4.78, 5) is 19.8. The smallest absolute Gasteiger partial charge is 0.317 e. The van der Waals surface area contributed by atoms with Crippen LogP contribution in [0.25, 0.3) is 0 Å². The summed E-state index contributed by atoms with van der Waals surface area (Å²) in [5.74, 6) is 0. The molecule has 7 heteroatoms. The molecule has 0 radical (unpaired) electrons. The summed E-state index contributed by atoms with van der Waals surface area (Å²) >= 11 is 12.2. The Balaban J connectivity index is 1.67. The van der Waals surface area contributed by atoms with Crippen molar-refractivity contribution in [2.45, 2.75) is 26.0 Å². The van der Waals surface area contributed by atoms with Crippen LogP contribution >= 0.6 is 23.2 Å². The van der Waals surface area contributed by atoms with Gasteiger partial charge in [0.05, 0.1) is 12.3 Å². The first-order valence-corrected chi connectivity index (χ1v) is 9.57. The molecule has 2 aromatic rings. The van der Waals surface area contributed by atoms with Gasteiger partial charge in [0, 0.05) is 29.6 Å². The highest BCUT2D eigenvalue weighted by atomic mass is 35.5. The maximum Gasteiger partial charge on any atom is 0.317 e. The molecule has 0 aliphatic carbocycles. The van der Waals surface area contributed by atoms with Crippen LogP contribution in [0, 0.1) is 0 Å². The highest BCUT2D eigenvalue weighted by molar-refractivity contribution is 6.31. The monoisotopic (exact) mass is 405 g/mol. The molecule has 1 atom stereocenters. The van der Waals surface area contributed by atoms with E-state index in [9.17, 15) is 4.79 Å². The molecule has 0 saturated carbocycles. The van der Waals surface area contributed by atoms with E-state index in [2.05, 4.69) is 10.5 Å². The third-order valence-corrected chi connectivity index (χ3v) is 4.89. The molecule has 2 amide bonds. The van der Waals surface area contributed by atoms with Gasteiger partial charge in [0.25, 0.3) is 0 Å². The lowest BCUT2D eigenvalue weighted by atomic mass is 10.0. The van der Waals surface area contributed by atoms with Crippen molar-refractivity contribution in [2.75, 3.05) is 13.1 Å². The van der Waals surface area contributed by atoms with Gasteiger partial charge in [-0.25, -0.2) is 4.79 Å². The van der Waals surface area contributed by atoms with E-state index in [1.165, 1.54) is 0 Å². The molecule has 1 aliphatic heterocycles. The van der Waals surface area contributed by atoms with Crippen LogP contribution in [0.1, 0.15) is 24.5 Å². The second-order valence-electron chi connectivity index (χ2n) is 6.28. The normalized spacial score (nSPS) is 15.8. The first-order valence-electron chi connectivity index (χ1n) is 8.81. The van der Waals surface area contributed by atoms with Crippen LogP contribution < -0.4 is 5.32 Å². The fourth-order valence-corrected chi connectivity index (χ4v) is 3.22. The SMILES string of the molecule is CCNC(=O)N(Cc1ccccc1Cl)C[C@@H]1CC(c2ccc(Cl)cc2)=NO1. The van der Waals surface area contributed by atoms with Gasteiger partial charge in [-0.2, -0.15) is 0 Å². The Morgan fingerprint density at radius 3 is 2.67 bits per heavy atom. The first-order chi connectivity index (χ1) is 13.1. The number of nitrogens with one attached hydrogen (secondary N) is 1. The third kappa shape index (κ3) is 5.15. The zero-order valence-electron chi connectivity index (χ0n) is 15.0. The van der Waals surface area contributed by atoms with Crippen LogP contribution in [0.2, 0.25) is 10.0 Å². The Morgan fingerprint density at radius 2 is 1.96 bits per heavy atom. The number of oxime groups is 1. The Labute approximate surface area is 168 Å². The van der Waals surface area contributed by atoms with Crippen molar-refractivity contribution < 1.29 is 9.63 Å². The maximum atomic E-state index is 12.5. The van der Waals surface area contributed by atoms with Crippen molar-refractivity contribution in [1.82, 2.24) is 10.2 Å². The van der Waals surface area contributed by atoms with Gasteiger partial charge in [0.15, 0.2) is 6.10 Å². The molecule has 1 aliphatic rings. The predicted octanol–water partition coefficient (Wildman–Crippen LogP) is 4.72.